The Morgan fingerprint density at radius 2 is 2.26 bits per heavy atom. The Bertz CT molecular complexity index is 455. The summed E-state index contributed by atoms with van der Waals surface area (Å²) >= 11 is 0. The second kappa shape index (κ2) is 6.17. The van der Waals surface area contributed by atoms with Crippen molar-refractivity contribution in [3.05, 3.63) is 34.9 Å². The molecule has 1 aromatic carbocycles. The molecule has 0 bridgehead atoms. The molecule has 19 heavy (non-hydrogen) atoms. The Morgan fingerprint density at radius 3 is 2.95 bits per heavy atom. The minimum atomic E-state index is -1.17. The van der Waals surface area contributed by atoms with Crippen LogP contribution < -0.4 is 5.11 Å². The zero-order chi connectivity index (χ0) is 13.8. The quantitative estimate of drug-likeness (QED) is 0.885. The van der Waals surface area contributed by atoms with Crippen LogP contribution in [0.15, 0.2) is 18.2 Å². The van der Waals surface area contributed by atoms with Gasteiger partial charge in [-0.1, -0.05) is 18.2 Å². The molecule has 0 radical (unpaired) electrons. The molecule has 2 atom stereocenters. The first kappa shape index (κ1) is 14.0. The van der Waals surface area contributed by atoms with Crippen molar-refractivity contribution >= 4 is 5.97 Å². The summed E-state index contributed by atoms with van der Waals surface area (Å²) in [5.74, 6) is -1.17. The van der Waals surface area contributed by atoms with E-state index in [0.717, 1.165) is 19.3 Å². The maximum atomic E-state index is 11.1. The first-order valence-corrected chi connectivity index (χ1v) is 6.67. The Balaban J connectivity index is 2.03. The minimum absolute atomic E-state index is 0.0128. The maximum absolute atomic E-state index is 11.1. The number of benzene rings is 1. The first-order valence-electron chi connectivity index (χ1n) is 6.67. The van der Waals surface area contributed by atoms with E-state index in [1.807, 2.05) is 6.07 Å². The molecule has 1 aliphatic carbocycles. The van der Waals surface area contributed by atoms with E-state index in [9.17, 15) is 15.0 Å². The fourth-order valence-corrected chi connectivity index (χ4v) is 2.62. The van der Waals surface area contributed by atoms with Crippen LogP contribution in [0.4, 0.5) is 0 Å². The van der Waals surface area contributed by atoms with Gasteiger partial charge in [0.05, 0.1) is 24.8 Å². The van der Waals surface area contributed by atoms with Gasteiger partial charge in [-0.25, -0.2) is 0 Å². The summed E-state index contributed by atoms with van der Waals surface area (Å²) in [6.45, 7) is 2.00. The van der Waals surface area contributed by atoms with E-state index in [2.05, 4.69) is 0 Å². The van der Waals surface area contributed by atoms with Gasteiger partial charge in [0.15, 0.2) is 0 Å². The molecule has 0 aliphatic heterocycles. The zero-order valence-corrected chi connectivity index (χ0v) is 11.1. The fourth-order valence-electron chi connectivity index (χ4n) is 2.62. The van der Waals surface area contributed by atoms with Crippen LogP contribution in [0.5, 0.6) is 0 Å². The van der Waals surface area contributed by atoms with Crippen LogP contribution in [-0.4, -0.2) is 23.3 Å². The van der Waals surface area contributed by atoms with Gasteiger partial charge < -0.3 is 19.7 Å². The van der Waals surface area contributed by atoms with Crippen LogP contribution >= 0.6 is 0 Å². The summed E-state index contributed by atoms with van der Waals surface area (Å²) in [5.41, 5.74) is 1.55. The second-order valence-electron chi connectivity index (χ2n) is 5.15. The average molecular weight is 263 g/mol. The summed E-state index contributed by atoms with van der Waals surface area (Å²) in [6, 6.07) is 5.31. The number of carboxylic acids is 1. The van der Waals surface area contributed by atoms with E-state index < -0.39 is 5.97 Å². The number of hydrogen-bond donors (Lipinski definition) is 1. The summed E-state index contributed by atoms with van der Waals surface area (Å²) in [5, 5.41) is 20.7. The third kappa shape index (κ3) is 3.55. The van der Waals surface area contributed by atoms with Crippen molar-refractivity contribution < 1.29 is 19.7 Å². The number of carboxylic acid groups (broad SMARTS) is 1. The molecule has 2 rings (SSSR count). The summed E-state index contributed by atoms with van der Waals surface area (Å²) in [4.78, 5) is 11.1. The lowest BCUT2D eigenvalue weighted by Crippen LogP contribution is -2.27. The summed E-state index contributed by atoms with van der Waals surface area (Å²) in [7, 11) is 0. The standard InChI is InChI=1S/C15H20O4/c1-10-4-2-5-11(14(10)15(17)18)9-19-13-7-3-6-12(16)8-13/h2,4-5,12-13,16H,3,6-9H2,1H3,(H,17,18)/p-1/t12-,13+/m1/s1. The normalized spacial score (nSPS) is 23.3. The van der Waals surface area contributed by atoms with Crippen LogP contribution in [-0.2, 0) is 11.3 Å². The van der Waals surface area contributed by atoms with E-state index in [0.29, 0.717) is 17.5 Å². The van der Waals surface area contributed by atoms with E-state index in [1.54, 1.807) is 19.1 Å². The number of aliphatic hydroxyl groups excluding tert-OH is 1. The number of carbonyl (C=O) groups is 1. The molecule has 0 amide bonds. The number of carbonyl (C=O) groups excluding carboxylic acids is 1. The first-order chi connectivity index (χ1) is 9.08. The number of hydrogen-bond acceptors (Lipinski definition) is 4. The molecule has 4 nitrogen and oxygen atoms in total. The monoisotopic (exact) mass is 263 g/mol. The lowest BCUT2D eigenvalue weighted by molar-refractivity contribution is -0.255. The van der Waals surface area contributed by atoms with Crippen LogP contribution in [0, 0.1) is 6.92 Å². The zero-order valence-electron chi connectivity index (χ0n) is 11.1. The third-order valence-corrected chi connectivity index (χ3v) is 3.64. The van der Waals surface area contributed by atoms with Crippen LogP contribution in [0.2, 0.25) is 0 Å². The lowest BCUT2D eigenvalue weighted by Gasteiger charge is -2.26. The molecule has 0 spiro atoms. The predicted molar refractivity (Wildman–Crippen MR) is 68.6 cm³/mol. The molecule has 1 saturated carbocycles. The third-order valence-electron chi connectivity index (χ3n) is 3.64. The Morgan fingerprint density at radius 1 is 1.47 bits per heavy atom. The van der Waals surface area contributed by atoms with Gasteiger partial charge in [0.2, 0.25) is 0 Å². The highest BCUT2D eigenvalue weighted by atomic mass is 16.5. The highest BCUT2D eigenvalue weighted by Gasteiger charge is 2.21. The van der Waals surface area contributed by atoms with Gasteiger partial charge in [-0.2, -0.15) is 0 Å². The number of ether oxygens (including phenoxy) is 1. The van der Waals surface area contributed by atoms with E-state index >= 15 is 0 Å². The van der Waals surface area contributed by atoms with Crippen molar-refractivity contribution in [2.75, 3.05) is 0 Å². The van der Waals surface area contributed by atoms with Crippen molar-refractivity contribution in [3.63, 3.8) is 0 Å². The SMILES string of the molecule is Cc1cccc(CO[C@H]2CCC[C@@H](O)C2)c1C(=O)[O-]. The van der Waals surface area contributed by atoms with Gasteiger partial charge in [0, 0.05) is 5.56 Å². The molecular formula is C15H19O4-. The number of aryl methyl sites for hydroxylation is 1. The van der Waals surface area contributed by atoms with Crippen molar-refractivity contribution in [2.45, 2.75) is 51.4 Å². The van der Waals surface area contributed by atoms with Gasteiger partial charge in [-0.3, -0.25) is 0 Å². The van der Waals surface area contributed by atoms with Crippen LogP contribution in [0.3, 0.4) is 0 Å². The molecule has 104 valence electrons. The molecule has 1 fully saturated rings. The highest BCUT2D eigenvalue weighted by Crippen LogP contribution is 2.23. The summed E-state index contributed by atoms with van der Waals surface area (Å²) < 4.78 is 5.73. The number of aromatic carboxylic acids is 1. The van der Waals surface area contributed by atoms with Crippen LogP contribution in [0.25, 0.3) is 0 Å². The predicted octanol–water partition coefficient (Wildman–Crippen LogP) is 1.18. The molecule has 0 heterocycles. The second-order valence-corrected chi connectivity index (χ2v) is 5.15. The van der Waals surface area contributed by atoms with Crippen molar-refractivity contribution in [1.29, 1.82) is 0 Å². The minimum Gasteiger partial charge on any atom is -0.545 e. The maximum Gasteiger partial charge on any atom is 0.0727 e. The topological polar surface area (TPSA) is 69.6 Å². The van der Waals surface area contributed by atoms with Gasteiger partial charge >= 0.3 is 0 Å². The molecule has 0 saturated heterocycles. The summed E-state index contributed by atoms with van der Waals surface area (Å²) in [6.07, 6.45) is 3.05. The van der Waals surface area contributed by atoms with Crippen molar-refractivity contribution in [1.82, 2.24) is 0 Å². The van der Waals surface area contributed by atoms with Gasteiger partial charge in [-0.15, -0.1) is 0 Å². The molecule has 1 aliphatic rings. The molecule has 1 aromatic rings. The van der Waals surface area contributed by atoms with E-state index in [-0.39, 0.29) is 24.4 Å². The van der Waals surface area contributed by atoms with Gasteiger partial charge in [0.1, 0.15) is 0 Å². The fraction of sp³-hybridized carbons (Fsp3) is 0.533. The van der Waals surface area contributed by atoms with Crippen LogP contribution in [0.1, 0.15) is 47.2 Å². The lowest BCUT2D eigenvalue weighted by atomic mass is 9.95. The van der Waals surface area contributed by atoms with E-state index in [1.165, 1.54) is 0 Å². The molecule has 1 N–H and O–H groups in total. The number of rotatable bonds is 4. The number of aliphatic hydroxyl groups is 1. The molecule has 4 heteroatoms. The van der Waals surface area contributed by atoms with Crippen molar-refractivity contribution in [3.8, 4) is 0 Å². The highest BCUT2D eigenvalue weighted by molar-refractivity contribution is 5.89. The Labute approximate surface area is 113 Å². The van der Waals surface area contributed by atoms with Crippen molar-refractivity contribution in [2.24, 2.45) is 0 Å². The average Bonchev–Trinajstić information content (AvgIpc) is 2.36. The molecule has 0 unspecified atom stereocenters. The Hall–Kier alpha value is -1.39. The smallest absolute Gasteiger partial charge is 0.0727 e. The van der Waals surface area contributed by atoms with Gasteiger partial charge in [0.25, 0.3) is 0 Å². The van der Waals surface area contributed by atoms with Gasteiger partial charge in [-0.05, 0) is 43.7 Å². The van der Waals surface area contributed by atoms with E-state index in [4.69, 9.17) is 4.74 Å². The molecule has 0 aromatic heterocycles. The Kier molecular flexibility index (Phi) is 4.56. The molecular weight excluding hydrogens is 244 g/mol. The largest absolute Gasteiger partial charge is 0.545 e.